The first-order valence-electron chi connectivity index (χ1n) is 3.99. The molecule has 1 aliphatic rings. The first-order valence-corrected chi connectivity index (χ1v) is 5.15. The summed E-state index contributed by atoms with van der Waals surface area (Å²) in [6.45, 7) is 0.853. The smallest absolute Gasteiger partial charge is 0.234 e. The van der Waals surface area contributed by atoms with Crippen LogP contribution in [-0.4, -0.2) is 16.8 Å². The molecule has 1 saturated heterocycles. The Morgan fingerprint density at radius 3 is 2.46 bits per heavy atom. The van der Waals surface area contributed by atoms with Crippen LogP contribution < -0.4 is 0 Å². The summed E-state index contributed by atoms with van der Waals surface area (Å²) in [5.74, 6) is 0.208. The minimum atomic E-state index is 0.208. The Hall–Kier alpha value is -0.670. The number of carbonyl (C=O) groups excluding carboxylic acids is 1. The Morgan fingerprint density at radius 2 is 2.00 bits per heavy atom. The molecule has 2 rings (SSSR count). The molecule has 0 radical (unpaired) electrons. The third kappa shape index (κ3) is 1.98. The lowest BCUT2D eigenvalue weighted by Gasteiger charge is -2.28. The molecule has 0 unspecified atom stereocenters. The highest BCUT2D eigenvalue weighted by Crippen LogP contribution is 2.28. The zero-order valence-electron chi connectivity index (χ0n) is 6.87. The van der Waals surface area contributed by atoms with E-state index >= 15 is 0 Å². The van der Waals surface area contributed by atoms with Gasteiger partial charge in [-0.2, -0.15) is 0 Å². The molecule has 13 heavy (non-hydrogen) atoms. The summed E-state index contributed by atoms with van der Waals surface area (Å²) in [4.78, 5) is 12.0. The van der Waals surface area contributed by atoms with E-state index in [-0.39, 0.29) is 5.91 Å². The van der Waals surface area contributed by atoms with Gasteiger partial charge in [0.05, 0.1) is 0 Å². The SMILES string of the molecule is O=C1CCN1Sc1ccc(Cl)cc1. The Bertz CT molecular complexity index is 325. The van der Waals surface area contributed by atoms with E-state index in [9.17, 15) is 4.79 Å². The molecule has 0 atom stereocenters. The predicted octanol–water partition coefficient (Wildman–Crippen LogP) is 2.58. The van der Waals surface area contributed by atoms with Crippen LogP contribution in [0.4, 0.5) is 0 Å². The van der Waals surface area contributed by atoms with Crippen molar-refractivity contribution in [3.05, 3.63) is 29.3 Å². The molecule has 0 saturated carbocycles. The summed E-state index contributed by atoms with van der Waals surface area (Å²) in [7, 11) is 0. The topological polar surface area (TPSA) is 20.3 Å². The maximum atomic E-state index is 11.0. The minimum absolute atomic E-state index is 0.208. The van der Waals surface area contributed by atoms with E-state index in [0.29, 0.717) is 6.42 Å². The van der Waals surface area contributed by atoms with Crippen LogP contribution in [-0.2, 0) is 4.79 Å². The second-order valence-electron chi connectivity index (χ2n) is 2.79. The predicted molar refractivity (Wildman–Crippen MR) is 53.6 cm³/mol. The second-order valence-corrected chi connectivity index (χ2v) is 4.32. The molecule has 1 aliphatic heterocycles. The van der Waals surface area contributed by atoms with E-state index < -0.39 is 0 Å². The van der Waals surface area contributed by atoms with Crippen molar-refractivity contribution in [1.82, 2.24) is 4.31 Å². The van der Waals surface area contributed by atoms with Crippen LogP contribution in [0.1, 0.15) is 6.42 Å². The lowest BCUT2D eigenvalue weighted by atomic mass is 10.3. The van der Waals surface area contributed by atoms with E-state index in [0.717, 1.165) is 16.5 Å². The van der Waals surface area contributed by atoms with Crippen molar-refractivity contribution in [3.63, 3.8) is 0 Å². The van der Waals surface area contributed by atoms with Gasteiger partial charge < -0.3 is 0 Å². The summed E-state index contributed by atoms with van der Waals surface area (Å²) < 4.78 is 1.75. The Labute approximate surface area is 86.0 Å². The first-order chi connectivity index (χ1) is 6.25. The Balaban J connectivity index is 2.01. The zero-order valence-corrected chi connectivity index (χ0v) is 8.44. The Kier molecular flexibility index (Phi) is 2.47. The molecule has 1 aromatic rings. The number of hydrogen-bond acceptors (Lipinski definition) is 2. The fraction of sp³-hybridized carbons (Fsp3) is 0.222. The number of benzene rings is 1. The highest BCUT2D eigenvalue weighted by Gasteiger charge is 2.24. The van der Waals surface area contributed by atoms with Crippen LogP contribution in [0.25, 0.3) is 0 Å². The molecule has 1 amide bonds. The monoisotopic (exact) mass is 213 g/mol. The zero-order chi connectivity index (χ0) is 9.26. The standard InChI is InChI=1S/C9H8ClNOS/c10-7-1-3-8(4-2-7)13-11-6-5-9(11)12/h1-4H,5-6H2. The lowest BCUT2D eigenvalue weighted by molar-refractivity contribution is -0.132. The number of nitrogens with zero attached hydrogens (tertiary/aromatic N) is 1. The lowest BCUT2D eigenvalue weighted by Crippen LogP contribution is -2.37. The molecule has 68 valence electrons. The van der Waals surface area contributed by atoms with E-state index in [2.05, 4.69) is 0 Å². The average molecular weight is 214 g/mol. The summed E-state index contributed by atoms with van der Waals surface area (Å²) in [6.07, 6.45) is 0.681. The molecule has 1 aromatic carbocycles. The third-order valence-corrected chi connectivity index (χ3v) is 3.18. The van der Waals surface area contributed by atoms with E-state index in [1.54, 1.807) is 4.31 Å². The molecule has 0 aliphatic carbocycles. The minimum Gasteiger partial charge on any atom is -0.282 e. The van der Waals surface area contributed by atoms with Gasteiger partial charge in [-0.3, -0.25) is 9.10 Å². The van der Waals surface area contributed by atoms with Crippen molar-refractivity contribution in [2.45, 2.75) is 11.3 Å². The number of hydrogen-bond donors (Lipinski definition) is 0. The molecule has 4 heteroatoms. The fourth-order valence-electron chi connectivity index (χ4n) is 1.01. The molecule has 1 fully saturated rings. The highest BCUT2D eigenvalue weighted by molar-refractivity contribution is 7.97. The quantitative estimate of drug-likeness (QED) is 0.556. The number of β-lactam (4-membered cyclic amide) rings is 1. The normalized spacial score (nSPS) is 15.8. The van der Waals surface area contributed by atoms with Crippen molar-refractivity contribution in [3.8, 4) is 0 Å². The average Bonchev–Trinajstić information content (AvgIpc) is 2.15. The molecular weight excluding hydrogens is 206 g/mol. The number of amides is 1. The molecular formula is C9H8ClNOS. The molecule has 0 aromatic heterocycles. The van der Waals surface area contributed by atoms with Gasteiger partial charge >= 0.3 is 0 Å². The van der Waals surface area contributed by atoms with Gasteiger partial charge in [0.15, 0.2) is 0 Å². The van der Waals surface area contributed by atoms with Gasteiger partial charge in [-0.25, -0.2) is 0 Å². The number of rotatable bonds is 2. The number of halogens is 1. The van der Waals surface area contributed by atoms with E-state index in [4.69, 9.17) is 11.6 Å². The van der Waals surface area contributed by atoms with Crippen LogP contribution in [0, 0.1) is 0 Å². The second kappa shape index (κ2) is 3.60. The van der Waals surface area contributed by atoms with Gasteiger partial charge in [-0.1, -0.05) is 11.6 Å². The van der Waals surface area contributed by atoms with E-state index in [1.165, 1.54) is 11.9 Å². The van der Waals surface area contributed by atoms with Gasteiger partial charge in [-0.15, -0.1) is 0 Å². The van der Waals surface area contributed by atoms with Crippen LogP contribution in [0.3, 0.4) is 0 Å². The Morgan fingerprint density at radius 1 is 1.31 bits per heavy atom. The summed E-state index contributed by atoms with van der Waals surface area (Å²) in [5.41, 5.74) is 0. The van der Waals surface area contributed by atoms with Gasteiger partial charge in [0.2, 0.25) is 5.91 Å². The van der Waals surface area contributed by atoms with Crippen LogP contribution in [0.5, 0.6) is 0 Å². The van der Waals surface area contributed by atoms with Crippen molar-refractivity contribution in [2.24, 2.45) is 0 Å². The summed E-state index contributed by atoms with van der Waals surface area (Å²) in [5, 5.41) is 0.722. The molecule has 1 heterocycles. The van der Waals surface area contributed by atoms with Gasteiger partial charge in [0.1, 0.15) is 0 Å². The first kappa shape index (κ1) is 8.91. The third-order valence-electron chi connectivity index (χ3n) is 1.84. The van der Waals surface area contributed by atoms with Crippen molar-refractivity contribution >= 4 is 29.5 Å². The van der Waals surface area contributed by atoms with Crippen molar-refractivity contribution in [2.75, 3.05) is 6.54 Å². The van der Waals surface area contributed by atoms with Crippen LogP contribution in [0.15, 0.2) is 29.2 Å². The van der Waals surface area contributed by atoms with Crippen LogP contribution in [0.2, 0.25) is 5.02 Å². The highest BCUT2D eigenvalue weighted by atomic mass is 35.5. The summed E-state index contributed by atoms with van der Waals surface area (Å²) in [6, 6.07) is 7.49. The molecule has 0 spiro atoms. The molecule has 0 bridgehead atoms. The summed E-state index contributed by atoms with van der Waals surface area (Å²) >= 11 is 7.21. The maximum Gasteiger partial charge on any atom is 0.234 e. The van der Waals surface area contributed by atoms with Crippen molar-refractivity contribution < 1.29 is 4.79 Å². The fourth-order valence-corrected chi connectivity index (χ4v) is 2.03. The van der Waals surface area contributed by atoms with Crippen molar-refractivity contribution in [1.29, 1.82) is 0 Å². The molecule has 0 N–H and O–H groups in total. The van der Waals surface area contributed by atoms with Crippen LogP contribution >= 0.6 is 23.5 Å². The van der Waals surface area contributed by atoms with Gasteiger partial charge in [-0.05, 0) is 36.2 Å². The molecule has 2 nitrogen and oxygen atoms in total. The van der Waals surface area contributed by atoms with Gasteiger partial charge in [0, 0.05) is 22.9 Å². The largest absolute Gasteiger partial charge is 0.282 e. The number of carbonyl (C=O) groups is 1. The van der Waals surface area contributed by atoms with Gasteiger partial charge in [0.25, 0.3) is 0 Å². The maximum absolute atomic E-state index is 11.0. The van der Waals surface area contributed by atoms with E-state index in [1.807, 2.05) is 24.3 Å².